The molecule has 0 atom stereocenters. The number of nitro groups is 1. The van der Waals surface area contributed by atoms with Crippen LogP contribution in [0.5, 0.6) is 0 Å². The first-order valence-electron chi connectivity index (χ1n) is 7.74. The number of ether oxygens (including phenoxy) is 1. The number of halogens is 3. The van der Waals surface area contributed by atoms with E-state index in [0.717, 1.165) is 6.07 Å². The average molecular weight is 397 g/mol. The summed E-state index contributed by atoms with van der Waals surface area (Å²) in [7, 11) is 0. The minimum Gasteiger partial charge on any atom is -0.367 e. The molecule has 2 N–H and O–H groups in total. The third kappa shape index (κ3) is 6.36. The van der Waals surface area contributed by atoms with E-state index in [1.807, 2.05) is 0 Å². The maximum Gasteiger partial charge on any atom is 0.411 e. The summed E-state index contributed by atoms with van der Waals surface area (Å²) in [6.07, 6.45) is -4.42. The van der Waals surface area contributed by atoms with Crippen molar-refractivity contribution in [1.29, 1.82) is 0 Å². The van der Waals surface area contributed by atoms with Gasteiger partial charge in [0.05, 0.1) is 11.5 Å². The number of nitrogens with one attached hydrogen (secondary N) is 2. The van der Waals surface area contributed by atoms with Crippen LogP contribution in [0.1, 0.15) is 26.3 Å². The first-order chi connectivity index (χ1) is 13.2. The van der Waals surface area contributed by atoms with Gasteiger partial charge < -0.3 is 4.74 Å². The van der Waals surface area contributed by atoms with Crippen LogP contribution in [0, 0.1) is 10.1 Å². The van der Waals surface area contributed by atoms with Gasteiger partial charge in [0.2, 0.25) is 0 Å². The van der Waals surface area contributed by atoms with E-state index >= 15 is 0 Å². The van der Waals surface area contributed by atoms with Crippen molar-refractivity contribution in [2.24, 2.45) is 0 Å². The molecule has 0 aliphatic heterocycles. The van der Waals surface area contributed by atoms with Gasteiger partial charge in [-0.1, -0.05) is 18.2 Å². The minimum atomic E-state index is -4.42. The standard InChI is InChI=1S/C17H14F3N3O5/c18-17(19,20)10-28-9-11-4-6-12(7-5-11)15(24)21-22-16(25)13-2-1-3-14(8-13)23(26)27/h1-8H,9-10H2,(H,21,24)(H,22,25). The van der Waals surface area contributed by atoms with Crippen molar-refractivity contribution in [3.05, 3.63) is 75.3 Å². The molecular weight excluding hydrogens is 383 g/mol. The molecule has 2 aromatic rings. The number of hydrogen-bond donors (Lipinski definition) is 2. The Labute approximate surface area is 156 Å². The number of benzene rings is 2. The third-order valence-corrected chi connectivity index (χ3v) is 3.36. The average Bonchev–Trinajstić information content (AvgIpc) is 2.65. The van der Waals surface area contributed by atoms with Crippen LogP contribution in [0.2, 0.25) is 0 Å². The van der Waals surface area contributed by atoms with Crippen molar-refractivity contribution in [3.8, 4) is 0 Å². The first kappa shape index (κ1) is 20.8. The van der Waals surface area contributed by atoms with Crippen LogP contribution in [0.15, 0.2) is 48.5 Å². The fourth-order valence-corrected chi connectivity index (χ4v) is 2.06. The number of non-ortho nitro benzene ring substituents is 1. The van der Waals surface area contributed by atoms with Crippen molar-refractivity contribution in [1.82, 2.24) is 10.9 Å². The normalized spacial score (nSPS) is 11.0. The summed E-state index contributed by atoms with van der Waals surface area (Å²) in [6.45, 7) is -1.65. The summed E-state index contributed by atoms with van der Waals surface area (Å²) >= 11 is 0. The molecule has 0 aliphatic rings. The van der Waals surface area contributed by atoms with Crippen molar-refractivity contribution in [2.45, 2.75) is 12.8 Å². The fourth-order valence-electron chi connectivity index (χ4n) is 2.06. The van der Waals surface area contributed by atoms with Crippen LogP contribution in [-0.2, 0) is 11.3 Å². The molecule has 2 aromatic carbocycles. The number of amides is 2. The molecule has 0 heterocycles. The smallest absolute Gasteiger partial charge is 0.367 e. The maximum absolute atomic E-state index is 12.0. The molecular formula is C17H14F3N3O5. The van der Waals surface area contributed by atoms with Gasteiger partial charge in [-0.25, -0.2) is 0 Å². The Hall–Kier alpha value is -3.47. The molecule has 28 heavy (non-hydrogen) atoms. The van der Waals surface area contributed by atoms with Crippen molar-refractivity contribution >= 4 is 17.5 Å². The zero-order valence-corrected chi connectivity index (χ0v) is 14.2. The van der Waals surface area contributed by atoms with Gasteiger partial charge in [-0.15, -0.1) is 0 Å². The summed E-state index contributed by atoms with van der Waals surface area (Å²) < 4.78 is 40.6. The van der Waals surface area contributed by atoms with E-state index in [2.05, 4.69) is 15.6 Å². The molecule has 0 spiro atoms. The quantitative estimate of drug-likeness (QED) is 0.575. The number of nitro benzene ring substituents is 1. The Bertz CT molecular complexity index is 869. The summed E-state index contributed by atoms with van der Waals surface area (Å²) in [5.74, 6) is -1.43. The van der Waals surface area contributed by atoms with Gasteiger partial charge in [-0.2, -0.15) is 13.2 Å². The highest BCUT2D eigenvalue weighted by Crippen LogP contribution is 2.16. The Kier molecular flexibility index (Phi) is 6.66. The van der Waals surface area contributed by atoms with Crippen LogP contribution in [-0.4, -0.2) is 29.5 Å². The van der Waals surface area contributed by atoms with E-state index in [1.54, 1.807) is 0 Å². The van der Waals surface area contributed by atoms with E-state index in [9.17, 15) is 32.9 Å². The number of carbonyl (C=O) groups excluding carboxylic acids is 2. The highest BCUT2D eigenvalue weighted by atomic mass is 19.4. The fraction of sp³-hybridized carbons (Fsp3) is 0.176. The van der Waals surface area contributed by atoms with Crippen LogP contribution < -0.4 is 10.9 Å². The molecule has 0 aliphatic carbocycles. The Morgan fingerprint density at radius 3 is 2.18 bits per heavy atom. The molecule has 0 unspecified atom stereocenters. The van der Waals surface area contributed by atoms with Gasteiger partial charge >= 0.3 is 6.18 Å². The highest BCUT2D eigenvalue weighted by Gasteiger charge is 2.27. The number of hydrogen-bond acceptors (Lipinski definition) is 5. The molecule has 0 saturated heterocycles. The SMILES string of the molecule is O=C(NNC(=O)c1cccc([N+](=O)[O-])c1)c1ccc(COCC(F)(F)F)cc1. The van der Waals surface area contributed by atoms with Crippen LogP contribution in [0.3, 0.4) is 0 Å². The first-order valence-corrected chi connectivity index (χ1v) is 7.74. The molecule has 2 rings (SSSR count). The van der Waals surface area contributed by atoms with Crippen molar-refractivity contribution < 1.29 is 32.4 Å². The second kappa shape index (κ2) is 8.95. The Morgan fingerprint density at radius 2 is 1.61 bits per heavy atom. The van der Waals surface area contributed by atoms with E-state index < -0.39 is 29.5 Å². The number of alkyl halides is 3. The summed E-state index contributed by atoms with van der Waals surface area (Å²) in [4.78, 5) is 34.0. The zero-order valence-electron chi connectivity index (χ0n) is 14.2. The van der Waals surface area contributed by atoms with Gasteiger partial charge in [-0.3, -0.25) is 30.6 Å². The van der Waals surface area contributed by atoms with Crippen molar-refractivity contribution in [3.63, 3.8) is 0 Å². The molecule has 0 saturated carbocycles. The number of nitrogens with zero attached hydrogens (tertiary/aromatic N) is 1. The summed E-state index contributed by atoms with van der Waals surface area (Å²) in [6, 6.07) is 10.5. The summed E-state index contributed by atoms with van der Waals surface area (Å²) in [5, 5.41) is 10.7. The number of hydrazine groups is 1. The molecule has 2 amide bonds. The zero-order chi connectivity index (χ0) is 20.7. The molecule has 0 radical (unpaired) electrons. The van der Waals surface area contributed by atoms with Crippen LogP contribution in [0.25, 0.3) is 0 Å². The van der Waals surface area contributed by atoms with Gasteiger partial charge in [0, 0.05) is 23.3 Å². The van der Waals surface area contributed by atoms with Gasteiger partial charge in [0.15, 0.2) is 0 Å². The lowest BCUT2D eigenvalue weighted by Crippen LogP contribution is -2.41. The second-order valence-electron chi connectivity index (χ2n) is 5.52. The Balaban J connectivity index is 1.88. The predicted octanol–water partition coefficient (Wildman–Crippen LogP) is 2.75. The molecule has 148 valence electrons. The lowest BCUT2D eigenvalue weighted by molar-refractivity contribution is -0.384. The number of rotatable bonds is 6. The Morgan fingerprint density at radius 1 is 1.00 bits per heavy atom. The monoisotopic (exact) mass is 397 g/mol. The van der Waals surface area contributed by atoms with Crippen molar-refractivity contribution in [2.75, 3.05) is 6.61 Å². The predicted molar refractivity (Wildman–Crippen MR) is 90.2 cm³/mol. The highest BCUT2D eigenvalue weighted by molar-refractivity contribution is 5.99. The van der Waals surface area contributed by atoms with Crippen LogP contribution in [0.4, 0.5) is 18.9 Å². The summed E-state index contributed by atoms with van der Waals surface area (Å²) in [5.41, 5.74) is 4.53. The third-order valence-electron chi connectivity index (χ3n) is 3.36. The molecule has 0 aromatic heterocycles. The van der Waals surface area contributed by atoms with E-state index in [4.69, 9.17) is 0 Å². The molecule has 11 heteroatoms. The van der Waals surface area contributed by atoms with Gasteiger partial charge in [-0.05, 0) is 23.8 Å². The molecule has 8 nitrogen and oxygen atoms in total. The number of carbonyl (C=O) groups is 2. The van der Waals surface area contributed by atoms with Crippen LogP contribution >= 0.6 is 0 Å². The van der Waals surface area contributed by atoms with E-state index in [-0.39, 0.29) is 23.4 Å². The van der Waals surface area contributed by atoms with E-state index in [0.29, 0.717) is 5.56 Å². The maximum atomic E-state index is 12.0. The topological polar surface area (TPSA) is 111 Å². The lowest BCUT2D eigenvalue weighted by atomic mass is 10.1. The largest absolute Gasteiger partial charge is 0.411 e. The van der Waals surface area contributed by atoms with E-state index in [1.165, 1.54) is 42.5 Å². The van der Waals surface area contributed by atoms with Gasteiger partial charge in [0.25, 0.3) is 17.5 Å². The van der Waals surface area contributed by atoms with Gasteiger partial charge in [0.1, 0.15) is 6.61 Å². The second-order valence-corrected chi connectivity index (χ2v) is 5.52. The molecule has 0 fully saturated rings. The lowest BCUT2D eigenvalue weighted by Gasteiger charge is -2.09. The minimum absolute atomic E-state index is 0.0216. The molecule has 0 bridgehead atoms.